The zero-order valence-electron chi connectivity index (χ0n) is 19.1. The SMILES string of the molecule is CCCCCCCCOc1ccc(-c2ccc(OCC(C)OC(=O)CCC)nn2)cc1. The molecular weight excluding hydrogens is 392 g/mol. The van der Waals surface area contributed by atoms with Gasteiger partial charge in [0.15, 0.2) is 0 Å². The quantitative estimate of drug-likeness (QED) is 0.256. The van der Waals surface area contributed by atoms with Gasteiger partial charge in [0.2, 0.25) is 5.88 Å². The zero-order chi connectivity index (χ0) is 22.3. The number of carbonyl (C=O) groups is 1. The van der Waals surface area contributed by atoms with Gasteiger partial charge in [-0.15, -0.1) is 10.2 Å². The van der Waals surface area contributed by atoms with Crippen molar-refractivity contribution in [3.05, 3.63) is 36.4 Å². The van der Waals surface area contributed by atoms with Crippen molar-refractivity contribution in [2.75, 3.05) is 13.2 Å². The maximum atomic E-state index is 11.5. The third kappa shape index (κ3) is 9.81. The fourth-order valence-corrected chi connectivity index (χ4v) is 3.07. The molecule has 0 saturated heterocycles. The van der Waals surface area contributed by atoms with Gasteiger partial charge in [-0.3, -0.25) is 4.79 Å². The third-order valence-corrected chi connectivity index (χ3v) is 4.81. The Morgan fingerprint density at radius 1 is 0.871 bits per heavy atom. The Kier molecular flexibility index (Phi) is 11.4. The van der Waals surface area contributed by atoms with E-state index in [-0.39, 0.29) is 18.7 Å². The van der Waals surface area contributed by atoms with Crippen LogP contribution in [0.4, 0.5) is 0 Å². The smallest absolute Gasteiger partial charge is 0.306 e. The van der Waals surface area contributed by atoms with E-state index in [0.29, 0.717) is 12.3 Å². The summed E-state index contributed by atoms with van der Waals surface area (Å²) in [5.74, 6) is 1.07. The summed E-state index contributed by atoms with van der Waals surface area (Å²) < 4.78 is 16.6. The highest BCUT2D eigenvalue weighted by Crippen LogP contribution is 2.21. The lowest BCUT2D eigenvalue weighted by atomic mass is 10.1. The topological polar surface area (TPSA) is 70.5 Å². The first-order chi connectivity index (χ1) is 15.1. The van der Waals surface area contributed by atoms with Crippen molar-refractivity contribution >= 4 is 5.97 Å². The molecule has 0 aliphatic rings. The average Bonchev–Trinajstić information content (AvgIpc) is 2.78. The van der Waals surface area contributed by atoms with Crippen LogP contribution < -0.4 is 9.47 Å². The van der Waals surface area contributed by atoms with Crippen molar-refractivity contribution in [2.45, 2.75) is 78.2 Å². The molecule has 2 rings (SSSR count). The van der Waals surface area contributed by atoms with Gasteiger partial charge in [-0.25, -0.2) is 0 Å². The minimum absolute atomic E-state index is 0.209. The van der Waals surface area contributed by atoms with Crippen molar-refractivity contribution in [2.24, 2.45) is 0 Å². The van der Waals surface area contributed by atoms with Crippen LogP contribution in [0.2, 0.25) is 0 Å². The maximum absolute atomic E-state index is 11.5. The van der Waals surface area contributed by atoms with Crippen LogP contribution in [0.25, 0.3) is 11.3 Å². The van der Waals surface area contributed by atoms with Crippen LogP contribution in [-0.2, 0) is 9.53 Å². The van der Waals surface area contributed by atoms with Gasteiger partial charge in [0, 0.05) is 18.1 Å². The summed E-state index contributed by atoms with van der Waals surface area (Å²) in [6, 6.07) is 11.5. The second kappa shape index (κ2) is 14.4. The number of hydrogen-bond donors (Lipinski definition) is 0. The minimum Gasteiger partial charge on any atom is -0.494 e. The molecule has 170 valence electrons. The number of ether oxygens (including phenoxy) is 3. The van der Waals surface area contributed by atoms with Gasteiger partial charge in [-0.2, -0.15) is 0 Å². The highest BCUT2D eigenvalue weighted by atomic mass is 16.6. The van der Waals surface area contributed by atoms with Gasteiger partial charge in [0.1, 0.15) is 18.5 Å². The molecule has 2 aromatic rings. The van der Waals surface area contributed by atoms with E-state index >= 15 is 0 Å². The zero-order valence-corrected chi connectivity index (χ0v) is 19.1. The molecule has 31 heavy (non-hydrogen) atoms. The largest absolute Gasteiger partial charge is 0.494 e. The van der Waals surface area contributed by atoms with Crippen molar-refractivity contribution in [3.63, 3.8) is 0 Å². The van der Waals surface area contributed by atoms with E-state index in [0.717, 1.165) is 36.5 Å². The molecule has 0 radical (unpaired) electrons. The summed E-state index contributed by atoms with van der Waals surface area (Å²) in [7, 11) is 0. The Labute approximate surface area is 186 Å². The third-order valence-electron chi connectivity index (χ3n) is 4.81. The molecule has 1 aromatic heterocycles. The van der Waals surface area contributed by atoms with Gasteiger partial charge in [0.05, 0.1) is 12.3 Å². The Hall–Kier alpha value is -2.63. The monoisotopic (exact) mass is 428 g/mol. The van der Waals surface area contributed by atoms with Crippen LogP contribution in [0.5, 0.6) is 11.6 Å². The van der Waals surface area contributed by atoms with E-state index in [1.165, 1.54) is 32.1 Å². The number of nitrogens with zero attached hydrogens (tertiary/aromatic N) is 2. The van der Waals surface area contributed by atoms with Crippen LogP contribution in [0, 0.1) is 0 Å². The fourth-order valence-electron chi connectivity index (χ4n) is 3.07. The van der Waals surface area contributed by atoms with Crippen molar-refractivity contribution < 1.29 is 19.0 Å². The minimum atomic E-state index is -0.329. The van der Waals surface area contributed by atoms with Crippen LogP contribution in [-0.4, -0.2) is 35.5 Å². The predicted octanol–water partition coefficient (Wildman–Crippen LogP) is 5.99. The van der Waals surface area contributed by atoms with Crippen molar-refractivity contribution in [1.82, 2.24) is 10.2 Å². The molecule has 6 nitrogen and oxygen atoms in total. The first-order valence-corrected chi connectivity index (χ1v) is 11.5. The number of hydrogen-bond acceptors (Lipinski definition) is 6. The molecule has 0 amide bonds. The molecule has 1 atom stereocenters. The molecule has 0 N–H and O–H groups in total. The van der Waals surface area contributed by atoms with Gasteiger partial charge in [0.25, 0.3) is 0 Å². The summed E-state index contributed by atoms with van der Waals surface area (Å²) in [5.41, 5.74) is 1.73. The second-order valence-corrected chi connectivity index (χ2v) is 7.76. The number of esters is 1. The Balaban J connectivity index is 1.73. The maximum Gasteiger partial charge on any atom is 0.306 e. The van der Waals surface area contributed by atoms with E-state index in [9.17, 15) is 4.79 Å². The Morgan fingerprint density at radius 3 is 2.29 bits per heavy atom. The summed E-state index contributed by atoms with van der Waals surface area (Å²) in [6.07, 6.45) is 8.39. The molecule has 0 fully saturated rings. The average molecular weight is 429 g/mol. The fraction of sp³-hybridized carbons (Fsp3) is 0.560. The Bertz CT molecular complexity index is 747. The van der Waals surface area contributed by atoms with Crippen LogP contribution in [0.1, 0.15) is 72.1 Å². The number of aromatic nitrogens is 2. The van der Waals surface area contributed by atoms with Gasteiger partial charge >= 0.3 is 5.97 Å². The molecule has 0 aliphatic carbocycles. The van der Waals surface area contributed by atoms with Crippen molar-refractivity contribution in [3.8, 4) is 22.9 Å². The summed E-state index contributed by atoms with van der Waals surface area (Å²) in [4.78, 5) is 11.5. The molecule has 0 spiro atoms. The standard InChI is InChI=1S/C25H36N2O4/c1-4-6-7-8-9-10-18-29-22-14-12-21(13-15-22)23-16-17-24(27-26-23)30-19-20(3)31-25(28)11-5-2/h12-17,20H,4-11,18-19H2,1-3H3. The lowest BCUT2D eigenvalue weighted by Crippen LogP contribution is -2.22. The van der Waals surface area contributed by atoms with Crippen LogP contribution in [0.3, 0.4) is 0 Å². The van der Waals surface area contributed by atoms with E-state index in [1.54, 1.807) is 13.0 Å². The van der Waals surface area contributed by atoms with Gasteiger partial charge in [-0.1, -0.05) is 46.0 Å². The van der Waals surface area contributed by atoms with E-state index in [2.05, 4.69) is 17.1 Å². The van der Waals surface area contributed by atoms with Crippen LogP contribution in [0.15, 0.2) is 36.4 Å². The number of carbonyl (C=O) groups excluding carboxylic acids is 1. The molecule has 0 saturated carbocycles. The summed E-state index contributed by atoms with van der Waals surface area (Å²) in [6.45, 7) is 6.97. The highest BCUT2D eigenvalue weighted by molar-refractivity contribution is 5.69. The molecule has 0 bridgehead atoms. The van der Waals surface area contributed by atoms with Crippen molar-refractivity contribution in [1.29, 1.82) is 0 Å². The molecule has 1 heterocycles. The highest BCUT2D eigenvalue weighted by Gasteiger charge is 2.10. The number of unbranched alkanes of at least 4 members (excludes halogenated alkanes) is 5. The van der Waals surface area contributed by atoms with Crippen LogP contribution >= 0.6 is 0 Å². The lowest BCUT2D eigenvalue weighted by Gasteiger charge is -2.13. The number of rotatable bonds is 15. The van der Waals surface area contributed by atoms with E-state index in [4.69, 9.17) is 14.2 Å². The normalized spacial score (nSPS) is 11.7. The molecule has 0 aliphatic heterocycles. The lowest BCUT2D eigenvalue weighted by molar-refractivity contribution is -0.149. The van der Waals surface area contributed by atoms with E-state index < -0.39 is 0 Å². The first-order valence-electron chi connectivity index (χ1n) is 11.5. The predicted molar refractivity (Wildman–Crippen MR) is 122 cm³/mol. The Morgan fingerprint density at radius 2 is 1.61 bits per heavy atom. The summed E-state index contributed by atoms with van der Waals surface area (Å²) >= 11 is 0. The molecule has 1 aromatic carbocycles. The second-order valence-electron chi connectivity index (χ2n) is 7.76. The molecule has 6 heteroatoms. The number of benzene rings is 1. The molecular formula is C25H36N2O4. The molecule has 1 unspecified atom stereocenters. The van der Waals surface area contributed by atoms with Gasteiger partial charge < -0.3 is 14.2 Å². The first kappa shape index (κ1) is 24.6. The van der Waals surface area contributed by atoms with Gasteiger partial charge in [-0.05, 0) is 50.1 Å². The summed E-state index contributed by atoms with van der Waals surface area (Å²) in [5, 5.41) is 8.35. The van der Waals surface area contributed by atoms with E-state index in [1.807, 2.05) is 37.3 Å².